The number of alkyl halides is 1. The first-order valence-electron chi connectivity index (χ1n) is 6.45. The van der Waals surface area contributed by atoms with Crippen LogP contribution in [0.1, 0.15) is 52.4 Å². The van der Waals surface area contributed by atoms with Crippen LogP contribution in [-0.2, 0) is 0 Å². The Balaban J connectivity index is 3.42. The number of rotatable bonds is 10. The molecular weight excluding hydrogens is 220 g/mol. The fourth-order valence-electron chi connectivity index (χ4n) is 1.27. The van der Waals surface area contributed by atoms with Crippen molar-refractivity contribution in [2.24, 2.45) is 9.98 Å². The van der Waals surface area contributed by atoms with Crippen LogP contribution in [0.4, 0.5) is 0 Å². The molecule has 0 aromatic heterocycles. The third-order valence-electron chi connectivity index (χ3n) is 2.28. The van der Waals surface area contributed by atoms with Crippen LogP contribution >= 0.6 is 11.6 Å². The average molecular weight is 245 g/mol. The highest BCUT2D eigenvalue weighted by atomic mass is 35.5. The molecule has 0 radical (unpaired) electrons. The van der Waals surface area contributed by atoms with E-state index < -0.39 is 0 Å². The van der Waals surface area contributed by atoms with Crippen molar-refractivity contribution in [3.63, 3.8) is 0 Å². The van der Waals surface area contributed by atoms with Gasteiger partial charge >= 0.3 is 0 Å². The van der Waals surface area contributed by atoms with E-state index in [1.807, 2.05) is 0 Å². The topological polar surface area (TPSA) is 24.7 Å². The summed E-state index contributed by atoms with van der Waals surface area (Å²) < 4.78 is 0. The number of unbranched alkanes of at least 4 members (excludes halogenated alkanes) is 4. The average Bonchev–Trinajstić information content (AvgIpc) is 2.29. The molecule has 0 saturated carbocycles. The van der Waals surface area contributed by atoms with E-state index in [1.54, 1.807) is 12.4 Å². The number of aliphatic imine (C=N–C) groups is 2. The predicted octanol–water partition coefficient (Wildman–Crippen LogP) is 4.12. The molecule has 0 aromatic carbocycles. The number of hydrogen-bond donors (Lipinski definition) is 0. The summed E-state index contributed by atoms with van der Waals surface area (Å²) in [5.41, 5.74) is 0. The first-order chi connectivity index (χ1) is 7.81. The Morgan fingerprint density at radius 2 is 1.44 bits per heavy atom. The third kappa shape index (κ3) is 11.7. The lowest BCUT2D eigenvalue weighted by atomic mass is 10.2. The van der Waals surface area contributed by atoms with Gasteiger partial charge in [0.2, 0.25) is 0 Å². The third-order valence-corrected chi connectivity index (χ3v) is 2.50. The minimum absolute atomic E-state index is 0.136. The molecule has 1 atom stereocenters. The van der Waals surface area contributed by atoms with E-state index in [0.29, 0.717) is 0 Å². The number of hydrogen-bond acceptors (Lipinski definition) is 2. The maximum absolute atomic E-state index is 6.00. The molecule has 16 heavy (non-hydrogen) atoms. The highest BCUT2D eigenvalue weighted by Crippen LogP contribution is 1.98. The smallest absolute Gasteiger partial charge is 0.103 e. The van der Waals surface area contributed by atoms with E-state index in [0.717, 1.165) is 19.5 Å². The molecule has 0 heterocycles. The summed E-state index contributed by atoms with van der Waals surface area (Å²) in [7, 11) is 0. The van der Waals surface area contributed by atoms with Gasteiger partial charge in [-0.15, -0.1) is 11.6 Å². The molecule has 0 aliphatic heterocycles. The summed E-state index contributed by atoms with van der Waals surface area (Å²) in [6.45, 7) is 6.15. The van der Waals surface area contributed by atoms with Gasteiger partial charge in [0.1, 0.15) is 5.38 Å². The lowest BCUT2D eigenvalue weighted by Crippen LogP contribution is -2.02. The van der Waals surface area contributed by atoms with Crippen LogP contribution < -0.4 is 0 Å². The Labute approximate surface area is 105 Å². The molecule has 0 N–H and O–H groups in total. The quantitative estimate of drug-likeness (QED) is 0.314. The molecule has 0 aliphatic carbocycles. The minimum Gasteiger partial charge on any atom is -0.296 e. The van der Waals surface area contributed by atoms with Crippen LogP contribution in [0.25, 0.3) is 0 Å². The van der Waals surface area contributed by atoms with Gasteiger partial charge in [0.05, 0.1) is 0 Å². The summed E-state index contributed by atoms with van der Waals surface area (Å²) in [4.78, 5) is 8.53. The molecule has 94 valence electrons. The summed E-state index contributed by atoms with van der Waals surface area (Å²) in [6.07, 6.45) is 10.9. The molecule has 0 spiro atoms. The summed E-state index contributed by atoms with van der Waals surface area (Å²) in [6, 6.07) is 0. The van der Waals surface area contributed by atoms with E-state index in [-0.39, 0.29) is 5.38 Å². The van der Waals surface area contributed by atoms with Crippen molar-refractivity contribution in [3.8, 4) is 0 Å². The number of halogens is 1. The zero-order valence-corrected chi connectivity index (χ0v) is 11.4. The van der Waals surface area contributed by atoms with E-state index in [9.17, 15) is 0 Å². The van der Waals surface area contributed by atoms with E-state index in [2.05, 4.69) is 23.8 Å². The summed E-state index contributed by atoms with van der Waals surface area (Å²) in [5.74, 6) is 0. The fourth-order valence-corrected chi connectivity index (χ4v) is 1.43. The van der Waals surface area contributed by atoms with Gasteiger partial charge in [-0.2, -0.15) is 0 Å². The van der Waals surface area contributed by atoms with Crippen molar-refractivity contribution < 1.29 is 0 Å². The molecule has 3 heteroatoms. The normalized spacial score (nSPS) is 13.9. The van der Waals surface area contributed by atoms with Gasteiger partial charge in [-0.05, 0) is 12.8 Å². The Morgan fingerprint density at radius 3 is 2.00 bits per heavy atom. The molecule has 0 amide bonds. The van der Waals surface area contributed by atoms with Crippen LogP contribution in [0.2, 0.25) is 0 Å². The van der Waals surface area contributed by atoms with Crippen molar-refractivity contribution in [2.75, 3.05) is 13.1 Å². The van der Waals surface area contributed by atoms with E-state index >= 15 is 0 Å². The van der Waals surface area contributed by atoms with Gasteiger partial charge in [0.15, 0.2) is 0 Å². The fraction of sp³-hybridized carbons (Fsp3) is 0.846. The van der Waals surface area contributed by atoms with Crippen molar-refractivity contribution in [3.05, 3.63) is 0 Å². The van der Waals surface area contributed by atoms with Crippen molar-refractivity contribution >= 4 is 24.0 Å². The van der Waals surface area contributed by atoms with Crippen molar-refractivity contribution in [1.29, 1.82) is 0 Å². The second-order valence-corrected chi connectivity index (χ2v) is 4.47. The summed E-state index contributed by atoms with van der Waals surface area (Å²) >= 11 is 6.00. The Bertz CT molecular complexity index is 190. The highest BCUT2D eigenvalue weighted by molar-refractivity contribution is 6.36. The van der Waals surface area contributed by atoms with Gasteiger partial charge < -0.3 is 0 Å². The standard InChI is InChI=1S/C13H25ClN2/c1-3-5-7-8-10-16-12-13(14)11-15-9-6-4-2/h11-13H,3-10H2,1-2H3. The molecule has 0 rings (SSSR count). The van der Waals surface area contributed by atoms with Crippen LogP contribution in [0, 0.1) is 0 Å². The van der Waals surface area contributed by atoms with E-state index in [1.165, 1.54) is 32.1 Å². The lowest BCUT2D eigenvalue weighted by molar-refractivity contribution is 0.675. The van der Waals surface area contributed by atoms with E-state index in [4.69, 9.17) is 11.6 Å². The van der Waals surface area contributed by atoms with Gasteiger partial charge in [0, 0.05) is 25.5 Å². The maximum Gasteiger partial charge on any atom is 0.103 e. The zero-order valence-electron chi connectivity index (χ0n) is 10.7. The van der Waals surface area contributed by atoms with Crippen LogP contribution in [0.3, 0.4) is 0 Å². The molecule has 1 unspecified atom stereocenters. The largest absolute Gasteiger partial charge is 0.296 e. The lowest BCUT2D eigenvalue weighted by Gasteiger charge is -1.96. The first kappa shape index (κ1) is 15.6. The molecule has 0 bridgehead atoms. The molecular formula is C13H25ClN2. The maximum atomic E-state index is 6.00. The monoisotopic (exact) mass is 244 g/mol. The SMILES string of the molecule is CCCCCCN=CC(Cl)C=NCCCC. The highest BCUT2D eigenvalue weighted by Gasteiger charge is 1.93. The Hall–Kier alpha value is -0.370. The zero-order chi connectivity index (χ0) is 12.1. The first-order valence-corrected chi connectivity index (χ1v) is 6.88. The van der Waals surface area contributed by atoms with Crippen molar-refractivity contribution in [2.45, 2.75) is 57.7 Å². The second-order valence-electron chi connectivity index (χ2n) is 3.97. The van der Waals surface area contributed by atoms with Gasteiger partial charge in [-0.25, -0.2) is 0 Å². The number of nitrogens with zero attached hydrogens (tertiary/aromatic N) is 2. The molecule has 0 aliphatic rings. The van der Waals surface area contributed by atoms with Gasteiger partial charge in [0.25, 0.3) is 0 Å². The molecule has 0 fully saturated rings. The Kier molecular flexibility index (Phi) is 12.4. The summed E-state index contributed by atoms with van der Waals surface area (Å²) in [5, 5.41) is -0.136. The molecule has 0 saturated heterocycles. The minimum atomic E-state index is -0.136. The van der Waals surface area contributed by atoms with Crippen molar-refractivity contribution in [1.82, 2.24) is 0 Å². The second kappa shape index (κ2) is 12.7. The van der Waals surface area contributed by atoms with Crippen LogP contribution in [-0.4, -0.2) is 30.9 Å². The Morgan fingerprint density at radius 1 is 0.875 bits per heavy atom. The molecule has 2 nitrogen and oxygen atoms in total. The predicted molar refractivity (Wildman–Crippen MR) is 75.4 cm³/mol. The van der Waals surface area contributed by atoms with Crippen LogP contribution in [0.15, 0.2) is 9.98 Å². The van der Waals surface area contributed by atoms with Crippen LogP contribution in [0.5, 0.6) is 0 Å². The van der Waals surface area contributed by atoms with Gasteiger partial charge in [-0.1, -0.05) is 39.5 Å². The molecule has 0 aromatic rings. The van der Waals surface area contributed by atoms with Gasteiger partial charge in [-0.3, -0.25) is 9.98 Å².